The molecule has 41 heavy (non-hydrogen) atoms. The minimum Gasteiger partial charge on any atom is -0.743 e. The number of benzene rings is 3. The van der Waals surface area contributed by atoms with Crippen LogP contribution < -0.4 is 13.9 Å². The van der Waals surface area contributed by atoms with Crippen LogP contribution in [0.15, 0.2) is 88.3 Å². The molecule has 3 aromatic carbocycles. The number of para-hydroxylation sites is 1. The van der Waals surface area contributed by atoms with E-state index in [9.17, 15) is 18.4 Å². The van der Waals surface area contributed by atoms with Gasteiger partial charge in [-0.25, -0.2) is 8.42 Å². The number of rotatable bonds is 9. The van der Waals surface area contributed by atoms with Gasteiger partial charge in [0.05, 0.1) is 24.8 Å². The van der Waals surface area contributed by atoms with Gasteiger partial charge >= 0.3 is 0 Å². The highest BCUT2D eigenvalue weighted by Crippen LogP contribution is 2.38. The molecule has 0 spiro atoms. The molecule has 2 heterocycles. The van der Waals surface area contributed by atoms with Gasteiger partial charge in [0.1, 0.15) is 17.3 Å². The van der Waals surface area contributed by atoms with E-state index in [1.54, 1.807) is 19.3 Å². The molecule has 11 heteroatoms. The molecule has 5 aromatic rings. The van der Waals surface area contributed by atoms with Crippen LogP contribution in [0.3, 0.4) is 0 Å². The standard InChI is InChI=1S/C30H26N3O7S/c1-19-15-30(31-40-19)33(35)41(36,37)23-12-9-20(10-13-23)27(34)14-11-22-16-24(29(39-4)18-28(22)38-3)26-17-21-7-5-6-8-25(21)32(26)2/h5-18H,1-4H3/q-1/b14-11+. The van der Waals surface area contributed by atoms with Crippen molar-refractivity contribution in [3.05, 3.63) is 101 Å². The van der Waals surface area contributed by atoms with Gasteiger partial charge in [0.2, 0.25) is 0 Å². The van der Waals surface area contributed by atoms with Gasteiger partial charge in [-0.05, 0) is 61.5 Å². The molecule has 5 rings (SSSR count). The molecule has 0 unspecified atom stereocenters. The first-order chi connectivity index (χ1) is 19.6. The van der Waals surface area contributed by atoms with Gasteiger partial charge in [-0.2, -0.15) is 0 Å². The van der Waals surface area contributed by atoms with Crippen LogP contribution in [0.1, 0.15) is 21.7 Å². The number of carbonyl (C=O) groups excluding carboxylic acids is 1. The summed E-state index contributed by atoms with van der Waals surface area (Å²) in [6.07, 6.45) is 3.00. The lowest BCUT2D eigenvalue weighted by Gasteiger charge is -2.26. The second-order valence-corrected chi connectivity index (χ2v) is 10.9. The zero-order valence-electron chi connectivity index (χ0n) is 22.7. The molecule has 0 atom stereocenters. The van der Waals surface area contributed by atoms with Gasteiger partial charge in [-0.1, -0.05) is 23.4 Å². The lowest BCUT2D eigenvalue weighted by Crippen LogP contribution is -2.25. The smallest absolute Gasteiger partial charge is 0.255 e. The van der Waals surface area contributed by atoms with Crippen molar-refractivity contribution in [2.75, 3.05) is 18.7 Å². The van der Waals surface area contributed by atoms with Crippen molar-refractivity contribution < 1.29 is 27.2 Å². The fourth-order valence-electron chi connectivity index (χ4n) is 4.51. The fourth-order valence-corrected chi connectivity index (χ4v) is 5.52. The topological polar surface area (TPSA) is 127 Å². The van der Waals surface area contributed by atoms with Crippen molar-refractivity contribution in [2.24, 2.45) is 7.05 Å². The normalized spacial score (nSPS) is 11.7. The van der Waals surface area contributed by atoms with Crippen LogP contribution >= 0.6 is 0 Å². The third kappa shape index (κ3) is 5.20. The Morgan fingerprint density at radius 1 is 1.00 bits per heavy atom. The fraction of sp³-hybridized carbons (Fsp3) is 0.133. The van der Waals surface area contributed by atoms with E-state index in [-0.39, 0.29) is 26.5 Å². The number of aryl methyl sites for hydroxylation is 2. The summed E-state index contributed by atoms with van der Waals surface area (Å²) >= 11 is 0. The quantitative estimate of drug-likeness (QED) is 0.124. The average molecular weight is 573 g/mol. The summed E-state index contributed by atoms with van der Waals surface area (Å²) in [6, 6.07) is 20.0. The number of anilines is 1. The number of ketones is 1. The number of carbonyl (C=O) groups is 1. The van der Waals surface area contributed by atoms with E-state index in [0.29, 0.717) is 22.8 Å². The first-order valence-electron chi connectivity index (χ1n) is 12.4. The van der Waals surface area contributed by atoms with Gasteiger partial charge in [-0.3, -0.25) is 4.79 Å². The molecule has 10 nitrogen and oxygen atoms in total. The summed E-state index contributed by atoms with van der Waals surface area (Å²) in [6.45, 7) is 1.54. The van der Waals surface area contributed by atoms with Crippen molar-refractivity contribution in [1.29, 1.82) is 0 Å². The Labute approximate surface area is 236 Å². The highest BCUT2D eigenvalue weighted by atomic mass is 32.2. The second-order valence-electron chi connectivity index (χ2n) is 9.19. The Morgan fingerprint density at radius 3 is 2.34 bits per heavy atom. The Hall–Kier alpha value is -4.87. The molecule has 0 aliphatic carbocycles. The Morgan fingerprint density at radius 2 is 1.71 bits per heavy atom. The van der Waals surface area contributed by atoms with Gasteiger partial charge in [0.15, 0.2) is 11.6 Å². The van der Waals surface area contributed by atoms with E-state index < -0.39 is 10.0 Å². The highest BCUT2D eigenvalue weighted by molar-refractivity contribution is 7.92. The van der Waals surface area contributed by atoms with Crippen molar-refractivity contribution in [2.45, 2.75) is 11.8 Å². The molecule has 0 bridgehead atoms. The summed E-state index contributed by atoms with van der Waals surface area (Å²) in [7, 11) is 0.651. The number of hydrogen-bond acceptors (Lipinski definition) is 8. The largest absolute Gasteiger partial charge is 0.743 e. The van der Waals surface area contributed by atoms with Crippen molar-refractivity contribution in [1.82, 2.24) is 9.72 Å². The number of ether oxygens (including phenoxy) is 2. The maximum Gasteiger partial charge on any atom is 0.255 e. The molecule has 2 aromatic heterocycles. The molecule has 0 N–H and O–H groups in total. The number of hydrogen-bond donors (Lipinski definition) is 0. The van der Waals surface area contributed by atoms with Crippen LogP contribution in [-0.4, -0.2) is 38.1 Å². The maximum absolute atomic E-state index is 13.0. The highest BCUT2D eigenvalue weighted by Gasteiger charge is 2.21. The first-order valence-corrected chi connectivity index (χ1v) is 13.9. The van der Waals surface area contributed by atoms with Gasteiger partial charge in [0, 0.05) is 46.8 Å². The zero-order valence-corrected chi connectivity index (χ0v) is 23.5. The van der Waals surface area contributed by atoms with E-state index in [1.807, 2.05) is 37.4 Å². The van der Waals surface area contributed by atoms with Gasteiger partial charge < -0.3 is 28.2 Å². The summed E-state index contributed by atoms with van der Waals surface area (Å²) in [4.78, 5) is 12.7. The van der Waals surface area contributed by atoms with Crippen LogP contribution in [-0.2, 0) is 17.1 Å². The summed E-state index contributed by atoms with van der Waals surface area (Å²) in [5, 5.41) is 16.9. The number of fused-ring (bicyclic) bond motifs is 1. The summed E-state index contributed by atoms with van der Waals surface area (Å²) in [5.74, 6) is 0.655. The van der Waals surface area contributed by atoms with E-state index in [4.69, 9.17) is 14.0 Å². The van der Waals surface area contributed by atoms with E-state index >= 15 is 0 Å². The molecular formula is C30H26N3O7S-. The van der Waals surface area contributed by atoms with E-state index in [2.05, 4.69) is 15.8 Å². The zero-order chi connectivity index (χ0) is 29.3. The number of allylic oxidation sites excluding steroid dienone is 1. The van der Waals surface area contributed by atoms with Crippen LogP contribution in [0, 0.1) is 12.1 Å². The molecule has 0 saturated carbocycles. The Balaban J connectivity index is 1.43. The predicted molar refractivity (Wildman–Crippen MR) is 156 cm³/mol. The summed E-state index contributed by atoms with van der Waals surface area (Å²) < 4.78 is 43.2. The second kappa shape index (κ2) is 11.0. The van der Waals surface area contributed by atoms with E-state index in [0.717, 1.165) is 22.2 Å². The van der Waals surface area contributed by atoms with Gasteiger partial charge in [-0.15, -0.1) is 0 Å². The average Bonchev–Trinajstić information content (AvgIpc) is 3.57. The van der Waals surface area contributed by atoms with Crippen molar-refractivity contribution in [3.8, 4) is 22.8 Å². The molecule has 0 aliphatic rings. The SMILES string of the molecule is COc1cc(OC)c(-c2cc3ccccc3n2C)cc1/C=C/C(=O)c1ccc(S(=O)(=O)N([O-])c2cc(C)on2)cc1. The monoisotopic (exact) mass is 572 g/mol. The van der Waals surface area contributed by atoms with Crippen molar-refractivity contribution >= 4 is 38.6 Å². The molecule has 0 amide bonds. The molecular weight excluding hydrogens is 546 g/mol. The number of nitrogens with zero attached hydrogens (tertiary/aromatic N) is 3. The lowest BCUT2D eigenvalue weighted by molar-refractivity contribution is 0.104. The predicted octanol–water partition coefficient (Wildman–Crippen LogP) is 5.75. The van der Waals surface area contributed by atoms with Crippen LogP contribution in [0.25, 0.3) is 28.2 Å². The van der Waals surface area contributed by atoms with Crippen LogP contribution in [0.2, 0.25) is 0 Å². The number of sulfonamides is 1. The summed E-state index contributed by atoms with van der Waals surface area (Å²) in [5.41, 5.74) is 3.69. The molecule has 0 aliphatic heterocycles. The first kappa shape index (κ1) is 27.7. The third-order valence-electron chi connectivity index (χ3n) is 6.65. The van der Waals surface area contributed by atoms with E-state index in [1.165, 1.54) is 50.4 Å². The number of methoxy groups -OCH3 is 2. The molecule has 0 fully saturated rings. The maximum atomic E-state index is 13.0. The minimum atomic E-state index is -4.44. The molecule has 0 radical (unpaired) electrons. The Kier molecular flexibility index (Phi) is 7.40. The lowest BCUT2D eigenvalue weighted by atomic mass is 10.0. The molecule has 0 saturated heterocycles. The minimum absolute atomic E-state index is 0.219. The van der Waals surface area contributed by atoms with Crippen LogP contribution in [0.4, 0.5) is 5.82 Å². The van der Waals surface area contributed by atoms with Crippen LogP contribution in [0.5, 0.6) is 11.5 Å². The Bertz CT molecular complexity index is 1890. The van der Waals surface area contributed by atoms with Gasteiger partial charge in [0.25, 0.3) is 10.0 Å². The molecule has 210 valence electrons. The number of aromatic nitrogens is 2. The van der Waals surface area contributed by atoms with Crippen molar-refractivity contribution in [3.63, 3.8) is 0 Å². The third-order valence-corrected chi connectivity index (χ3v) is 8.14.